The molecule has 2 aromatic carbocycles. The summed E-state index contributed by atoms with van der Waals surface area (Å²) in [6.45, 7) is -0.886. The van der Waals surface area contributed by atoms with E-state index in [1.54, 1.807) is 30.3 Å². The number of hydrogen-bond acceptors (Lipinski definition) is 4. The monoisotopic (exact) mass is 421 g/mol. The largest absolute Gasteiger partial charge is 0.433 e. The minimum absolute atomic E-state index is 0.0556. The van der Waals surface area contributed by atoms with Gasteiger partial charge in [-0.1, -0.05) is 48.5 Å². The lowest BCUT2D eigenvalue weighted by atomic mass is 9.95. The van der Waals surface area contributed by atoms with Crippen LogP contribution in [-0.2, 0) is 24.2 Å². The molecule has 0 radical (unpaired) electrons. The van der Waals surface area contributed by atoms with Gasteiger partial charge in [0.15, 0.2) is 0 Å². The number of pyridine rings is 1. The summed E-state index contributed by atoms with van der Waals surface area (Å²) in [6.07, 6.45) is -6.54. The van der Waals surface area contributed by atoms with Crippen LogP contribution in [0.4, 0.5) is 17.6 Å². The number of hydrogen-bond donors (Lipinski definition) is 3. The van der Waals surface area contributed by atoms with E-state index in [-0.39, 0.29) is 28.6 Å². The third-order valence-electron chi connectivity index (χ3n) is 4.70. The molecule has 4 N–H and O–H groups in total. The number of carbonyl (C=O) groups is 1. The van der Waals surface area contributed by atoms with E-state index < -0.39 is 36.6 Å². The van der Waals surface area contributed by atoms with Crippen molar-refractivity contribution in [2.75, 3.05) is 0 Å². The Bertz CT molecular complexity index is 1040. The Hall–Kier alpha value is -3.04. The number of nitrogens with one attached hydrogen (secondary N) is 1. The molecule has 1 amide bonds. The van der Waals surface area contributed by atoms with Crippen molar-refractivity contribution in [3.8, 4) is 0 Å². The molecule has 0 saturated heterocycles. The van der Waals surface area contributed by atoms with Gasteiger partial charge < -0.3 is 10.8 Å². The molecule has 1 aromatic heterocycles. The number of nitrogens with two attached hydrogens (primary N) is 1. The maximum atomic E-state index is 13.4. The van der Waals surface area contributed by atoms with Gasteiger partial charge in [0.1, 0.15) is 24.5 Å². The number of nitrogens with zero attached hydrogens (tertiary/aromatic N) is 1. The zero-order valence-electron chi connectivity index (χ0n) is 15.7. The van der Waals surface area contributed by atoms with E-state index in [0.29, 0.717) is 6.07 Å². The number of rotatable bonds is 7. The van der Waals surface area contributed by atoms with Crippen LogP contribution in [0.5, 0.6) is 0 Å². The summed E-state index contributed by atoms with van der Waals surface area (Å²) in [5.41, 5.74) is 4.39. The van der Waals surface area contributed by atoms with Gasteiger partial charge in [0.05, 0.1) is 5.52 Å². The van der Waals surface area contributed by atoms with Crippen LogP contribution in [-0.4, -0.2) is 22.0 Å². The lowest BCUT2D eigenvalue weighted by Crippen LogP contribution is -2.45. The van der Waals surface area contributed by atoms with E-state index in [0.717, 1.165) is 5.56 Å². The minimum atomic E-state index is -4.83. The minimum Gasteiger partial charge on any atom is -0.386 e. The molecule has 1 heterocycles. The number of amides is 1. The molecule has 158 valence electrons. The van der Waals surface area contributed by atoms with Crippen molar-refractivity contribution in [1.82, 2.24) is 10.3 Å². The van der Waals surface area contributed by atoms with Gasteiger partial charge in [0.2, 0.25) is 5.91 Å². The molecule has 0 aliphatic carbocycles. The quantitative estimate of drug-likeness (QED) is 0.511. The third kappa shape index (κ3) is 4.58. The molecule has 5 nitrogen and oxygen atoms in total. The maximum Gasteiger partial charge on any atom is 0.433 e. The molecule has 3 rings (SSSR count). The standard InChI is InChI=1S/C21H19F4N3O2/c22-10-13-7-4-8-14-15(9-16(21(23,24)25)28-17(13)14)19(29)18(20(26)30)27-11-12-5-2-1-3-6-12/h1-9,18-19,27,29H,10-11H2,(H2,26,30). The van der Waals surface area contributed by atoms with E-state index in [1.165, 1.54) is 18.2 Å². The first-order valence-electron chi connectivity index (χ1n) is 9.02. The maximum absolute atomic E-state index is 13.4. The fourth-order valence-corrected chi connectivity index (χ4v) is 3.20. The first-order chi connectivity index (χ1) is 14.2. The van der Waals surface area contributed by atoms with E-state index in [1.807, 2.05) is 0 Å². The molecule has 0 saturated carbocycles. The Balaban J connectivity index is 2.06. The highest BCUT2D eigenvalue weighted by atomic mass is 19.4. The van der Waals surface area contributed by atoms with Crippen molar-refractivity contribution in [3.05, 3.63) is 77.0 Å². The van der Waals surface area contributed by atoms with E-state index in [9.17, 15) is 27.5 Å². The van der Waals surface area contributed by atoms with Crippen LogP contribution in [0.25, 0.3) is 10.9 Å². The van der Waals surface area contributed by atoms with Crippen molar-refractivity contribution in [3.63, 3.8) is 0 Å². The molecule has 9 heteroatoms. The van der Waals surface area contributed by atoms with Crippen LogP contribution < -0.4 is 11.1 Å². The average molecular weight is 421 g/mol. The van der Waals surface area contributed by atoms with E-state index in [4.69, 9.17) is 5.73 Å². The summed E-state index contributed by atoms with van der Waals surface area (Å²) < 4.78 is 53.5. The van der Waals surface area contributed by atoms with Gasteiger partial charge in [-0.05, 0) is 17.2 Å². The molecular weight excluding hydrogens is 402 g/mol. The molecule has 0 fully saturated rings. The molecule has 2 atom stereocenters. The summed E-state index contributed by atoms with van der Waals surface area (Å²) in [6, 6.07) is 12.3. The van der Waals surface area contributed by atoms with Gasteiger partial charge in [-0.2, -0.15) is 13.2 Å². The first-order valence-corrected chi connectivity index (χ1v) is 9.02. The van der Waals surface area contributed by atoms with E-state index in [2.05, 4.69) is 10.3 Å². The molecule has 0 aliphatic heterocycles. The lowest BCUT2D eigenvalue weighted by molar-refractivity contribution is -0.141. The number of alkyl halides is 4. The van der Waals surface area contributed by atoms with Crippen molar-refractivity contribution in [2.24, 2.45) is 5.73 Å². The Morgan fingerprint density at radius 3 is 2.43 bits per heavy atom. The van der Waals surface area contributed by atoms with Crippen molar-refractivity contribution < 1.29 is 27.5 Å². The highest BCUT2D eigenvalue weighted by molar-refractivity contribution is 5.87. The van der Waals surface area contributed by atoms with Gasteiger partial charge in [-0.15, -0.1) is 0 Å². The highest BCUT2D eigenvalue weighted by Gasteiger charge is 2.36. The number of halogens is 4. The normalized spacial score (nSPS) is 13.9. The summed E-state index contributed by atoms with van der Waals surface area (Å²) in [5, 5.41) is 13.7. The summed E-state index contributed by atoms with van der Waals surface area (Å²) in [5.74, 6) is -0.946. The Morgan fingerprint density at radius 2 is 1.83 bits per heavy atom. The van der Waals surface area contributed by atoms with Gasteiger partial charge in [0.25, 0.3) is 0 Å². The lowest BCUT2D eigenvalue weighted by Gasteiger charge is -2.24. The smallest absolute Gasteiger partial charge is 0.386 e. The zero-order valence-corrected chi connectivity index (χ0v) is 15.7. The predicted molar refractivity (Wildman–Crippen MR) is 103 cm³/mol. The molecular formula is C21H19F4N3O2. The van der Waals surface area contributed by atoms with E-state index >= 15 is 0 Å². The zero-order chi connectivity index (χ0) is 21.9. The topological polar surface area (TPSA) is 88.2 Å². The second kappa shape index (κ2) is 8.76. The third-order valence-corrected chi connectivity index (χ3v) is 4.70. The van der Waals surface area contributed by atoms with Crippen LogP contribution in [0, 0.1) is 0 Å². The molecule has 0 aliphatic rings. The Labute approximate surface area is 169 Å². The predicted octanol–water partition coefficient (Wildman–Crippen LogP) is 3.40. The number of aliphatic hydroxyl groups is 1. The number of para-hydroxylation sites is 1. The molecule has 30 heavy (non-hydrogen) atoms. The Morgan fingerprint density at radius 1 is 1.13 bits per heavy atom. The van der Waals surface area contributed by atoms with Gasteiger partial charge in [0, 0.05) is 17.5 Å². The van der Waals surface area contributed by atoms with Crippen LogP contribution >= 0.6 is 0 Å². The van der Waals surface area contributed by atoms with Crippen molar-refractivity contribution in [1.29, 1.82) is 0 Å². The first kappa shape index (κ1) is 21.7. The molecule has 0 bridgehead atoms. The fourth-order valence-electron chi connectivity index (χ4n) is 3.20. The number of benzene rings is 2. The number of fused-ring (bicyclic) bond motifs is 1. The Kier molecular flexibility index (Phi) is 6.33. The van der Waals surface area contributed by atoms with Crippen LogP contribution in [0.3, 0.4) is 0 Å². The van der Waals surface area contributed by atoms with Gasteiger partial charge in [-0.3, -0.25) is 10.1 Å². The number of aliphatic hydroxyl groups excluding tert-OH is 1. The second-order valence-corrected chi connectivity index (χ2v) is 6.73. The van der Waals surface area contributed by atoms with Crippen molar-refractivity contribution >= 4 is 16.8 Å². The average Bonchev–Trinajstić information content (AvgIpc) is 2.72. The number of carbonyl (C=O) groups excluding carboxylic acids is 1. The van der Waals surface area contributed by atoms with Crippen LogP contribution in [0.1, 0.15) is 28.5 Å². The summed E-state index contributed by atoms with van der Waals surface area (Å²) in [4.78, 5) is 15.5. The summed E-state index contributed by atoms with van der Waals surface area (Å²) >= 11 is 0. The second-order valence-electron chi connectivity index (χ2n) is 6.73. The van der Waals surface area contributed by atoms with Crippen LogP contribution in [0.15, 0.2) is 54.6 Å². The molecule has 2 unspecified atom stereocenters. The summed E-state index contributed by atoms with van der Waals surface area (Å²) in [7, 11) is 0. The number of aromatic nitrogens is 1. The highest BCUT2D eigenvalue weighted by Crippen LogP contribution is 2.35. The van der Waals surface area contributed by atoms with Crippen molar-refractivity contribution in [2.45, 2.75) is 31.5 Å². The van der Waals surface area contributed by atoms with Crippen LogP contribution in [0.2, 0.25) is 0 Å². The molecule has 3 aromatic rings. The van der Waals surface area contributed by atoms with Gasteiger partial charge in [-0.25, -0.2) is 9.37 Å². The number of primary amides is 1. The van der Waals surface area contributed by atoms with Gasteiger partial charge >= 0.3 is 6.18 Å². The SMILES string of the molecule is NC(=O)C(NCc1ccccc1)C(O)c1cc(C(F)(F)F)nc2c(CF)cccc12. The molecule has 0 spiro atoms. The fraction of sp³-hybridized carbons (Fsp3) is 0.238.